The van der Waals surface area contributed by atoms with E-state index in [1.54, 1.807) is 0 Å². The quantitative estimate of drug-likeness (QED) is 0.461. The molecule has 0 spiro atoms. The lowest BCUT2D eigenvalue weighted by atomic mass is 10.0. The Balaban J connectivity index is 2.17. The van der Waals surface area contributed by atoms with E-state index < -0.39 is 10.3 Å². The number of hydrogen-bond acceptors (Lipinski definition) is 3. The number of halogens is 1. The molecule has 1 aromatic heterocycles. The van der Waals surface area contributed by atoms with Crippen LogP contribution in [0.15, 0.2) is 40.8 Å². The van der Waals surface area contributed by atoms with Gasteiger partial charge in [0.25, 0.3) is 0 Å². The van der Waals surface area contributed by atoms with E-state index in [9.17, 15) is 10.1 Å². The molecule has 0 radical (unpaired) electrons. The normalized spacial score (nSPS) is 12.3. The van der Waals surface area contributed by atoms with Crippen LogP contribution in [0.2, 0.25) is 0 Å². The topological polar surface area (TPSA) is 56.3 Å². The van der Waals surface area contributed by atoms with E-state index in [0.29, 0.717) is 5.76 Å². The predicted octanol–water partition coefficient (Wildman–Crippen LogP) is 4.47. The van der Waals surface area contributed by atoms with Crippen molar-refractivity contribution in [3.8, 4) is 0 Å². The van der Waals surface area contributed by atoms with E-state index in [2.05, 4.69) is 6.92 Å². The Morgan fingerprint density at radius 2 is 1.95 bits per heavy atom. The third kappa shape index (κ3) is 3.15. The summed E-state index contributed by atoms with van der Waals surface area (Å²) in [6.45, 7) is 2.13. The first-order chi connectivity index (χ1) is 9.11. The minimum absolute atomic E-state index is 0.289. The SMILES string of the molecule is CCCc1ccc(C(Cl)c2ccc([N+](=O)[O-])o2)cc1. The Kier molecular flexibility index (Phi) is 4.22. The summed E-state index contributed by atoms with van der Waals surface area (Å²) in [5.41, 5.74) is 2.12. The number of rotatable bonds is 5. The largest absolute Gasteiger partial charge is 0.433 e. The molecule has 1 heterocycles. The van der Waals surface area contributed by atoms with Crippen molar-refractivity contribution in [3.05, 3.63) is 63.4 Å². The smallest absolute Gasteiger partial charge is 0.404 e. The first-order valence-electron chi connectivity index (χ1n) is 6.09. The first kappa shape index (κ1) is 13.6. The van der Waals surface area contributed by atoms with Gasteiger partial charge in [-0.1, -0.05) is 37.6 Å². The van der Waals surface area contributed by atoms with Gasteiger partial charge in [0.1, 0.15) is 16.1 Å². The number of aryl methyl sites for hydroxylation is 1. The summed E-state index contributed by atoms with van der Waals surface area (Å²) < 4.78 is 5.11. The minimum Gasteiger partial charge on any atom is -0.404 e. The van der Waals surface area contributed by atoms with Crippen LogP contribution in [0.1, 0.15) is 35.6 Å². The molecular weight excluding hydrogens is 266 g/mol. The van der Waals surface area contributed by atoms with Gasteiger partial charge in [0.2, 0.25) is 0 Å². The predicted molar refractivity (Wildman–Crippen MR) is 73.5 cm³/mol. The van der Waals surface area contributed by atoms with Crippen LogP contribution < -0.4 is 0 Å². The molecule has 100 valence electrons. The lowest BCUT2D eigenvalue weighted by molar-refractivity contribution is -0.402. The van der Waals surface area contributed by atoms with E-state index in [1.165, 1.54) is 17.7 Å². The van der Waals surface area contributed by atoms with Crippen LogP contribution in [0.5, 0.6) is 0 Å². The molecule has 2 aromatic rings. The van der Waals surface area contributed by atoms with Gasteiger partial charge >= 0.3 is 5.88 Å². The van der Waals surface area contributed by atoms with Crippen LogP contribution in [0.25, 0.3) is 0 Å². The second kappa shape index (κ2) is 5.89. The van der Waals surface area contributed by atoms with Gasteiger partial charge in [-0.15, -0.1) is 11.6 Å². The Bertz CT molecular complexity index is 562. The lowest BCUT2D eigenvalue weighted by Crippen LogP contribution is -1.92. The zero-order chi connectivity index (χ0) is 13.8. The van der Waals surface area contributed by atoms with Crippen molar-refractivity contribution in [2.45, 2.75) is 25.1 Å². The molecule has 0 bridgehead atoms. The van der Waals surface area contributed by atoms with Crippen LogP contribution in [-0.2, 0) is 6.42 Å². The van der Waals surface area contributed by atoms with E-state index in [-0.39, 0.29) is 5.88 Å². The summed E-state index contributed by atoms with van der Waals surface area (Å²) >= 11 is 6.26. The van der Waals surface area contributed by atoms with Gasteiger partial charge in [-0.3, -0.25) is 10.1 Å². The third-order valence-electron chi connectivity index (χ3n) is 2.85. The maximum Gasteiger partial charge on any atom is 0.433 e. The monoisotopic (exact) mass is 279 g/mol. The van der Waals surface area contributed by atoms with Crippen LogP contribution >= 0.6 is 11.6 Å². The number of furan rings is 1. The Morgan fingerprint density at radius 1 is 1.26 bits per heavy atom. The van der Waals surface area contributed by atoms with E-state index in [4.69, 9.17) is 16.0 Å². The fraction of sp³-hybridized carbons (Fsp3) is 0.286. The molecule has 1 atom stereocenters. The van der Waals surface area contributed by atoms with Crippen LogP contribution in [0.4, 0.5) is 5.88 Å². The van der Waals surface area contributed by atoms with Gasteiger partial charge in [-0.25, -0.2) is 0 Å². The van der Waals surface area contributed by atoms with Gasteiger partial charge in [0.05, 0.1) is 6.07 Å². The molecule has 5 heteroatoms. The summed E-state index contributed by atoms with van der Waals surface area (Å²) in [6, 6.07) is 10.7. The molecule has 2 rings (SSSR count). The number of benzene rings is 1. The summed E-state index contributed by atoms with van der Waals surface area (Å²) in [6.07, 6.45) is 2.12. The molecular formula is C14H14ClNO3. The molecule has 0 amide bonds. The van der Waals surface area contributed by atoms with Crippen molar-refractivity contribution in [1.29, 1.82) is 0 Å². The molecule has 0 aliphatic heterocycles. The summed E-state index contributed by atoms with van der Waals surface area (Å²) in [4.78, 5) is 9.99. The highest BCUT2D eigenvalue weighted by atomic mass is 35.5. The van der Waals surface area contributed by atoms with Crippen LogP contribution in [0, 0.1) is 10.1 Å². The molecule has 0 aliphatic carbocycles. The van der Waals surface area contributed by atoms with Crippen molar-refractivity contribution < 1.29 is 9.34 Å². The van der Waals surface area contributed by atoms with Crippen LogP contribution in [0.3, 0.4) is 0 Å². The Labute approximate surface area is 116 Å². The number of alkyl halides is 1. The number of hydrogen-bond donors (Lipinski definition) is 0. The fourth-order valence-electron chi connectivity index (χ4n) is 1.88. The van der Waals surface area contributed by atoms with Crippen molar-refractivity contribution in [1.82, 2.24) is 0 Å². The molecule has 0 fully saturated rings. The van der Waals surface area contributed by atoms with Crippen molar-refractivity contribution in [2.24, 2.45) is 0 Å². The van der Waals surface area contributed by atoms with Gasteiger partial charge in [0.15, 0.2) is 0 Å². The maximum atomic E-state index is 10.6. The summed E-state index contributed by atoms with van der Waals surface area (Å²) in [5.74, 6) is 0.0971. The molecule has 1 unspecified atom stereocenters. The van der Waals surface area contributed by atoms with Crippen molar-refractivity contribution in [2.75, 3.05) is 0 Å². The highest BCUT2D eigenvalue weighted by Gasteiger charge is 2.19. The Hall–Kier alpha value is -1.81. The molecule has 0 saturated carbocycles. The third-order valence-corrected chi connectivity index (χ3v) is 3.32. The summed E-state index contributed by atoms with van der Waals surface area (Å²) in [5, 5.41) is 10.0. The minimum atomic E-state index is -0.572. The molecule has 19 heavy (non-hydrogen) atoms. The second-order valence-corrected chi connectivity index (χ2v) is 4.72. The molecule has 0 N–H and O–H groups in total. The molecule has 1 aromatic carbocycles. The van der Waals surface area contributed by atoms with E-state index in [1.807, 2.05) is 24.3 Å². The van der Waals surface area contributed by atoms with Gasteiger partial charge in [0, 0.05) is 0 Å². The average Bonchev–Trinajstić information content (AvgIpc) is 2.89. The zero-order valence-corrected chi connectivity index (χ0v) is 11.3. The standard InChI is InChI=1S/C14H14ClNO3/c1-2-3-10-4-6-11(7-5-10)14(15)12-8-9-13(19-12)16(17)18/h4-9,14H,2-3H2,1H3. The lowest BCUT2D eigenvalue weighted by Gasteiger charge is -2.07. The van der Waals surface area contributed by atoms with Crippen LogP contribution in [-0.4, -0.2) is 4.92 Å². The Morgan fingerprint density at radius 3 is 2.47 bits per heavy atom. The van der Waals surface area contributed by atoms with Gasteiger partial charge in [-0.05, 0) is 23.6 Å². The number of nitro groups is 1. The first-order valence-corrected chi connectivity index (χ1v) is 6.52. The second-order valence-electron chi connectivity index (χ2n) is 4.29. The fourth-order valence-corrected chi connectivity index (χ4v) is 2.15. The maximum absolute atomic E-state index is 10.6. The molecule has 4 nitrogen and oxygen atoms in total. The zero-order valence-electron chi connectivity index (χ0n) is 10.5. The highest BCUT2D eigenvalue weighted by molar-refractivity contribution is 6.22. The highest BCUT2D eigenvalue weighted by Crippen LogP contribution is 2.32. The van der Waals surface area contributed by atoms with E-state index in [0.717, 1.165) is 18.4 Å². The van der Waals surface area contributed by atoms with Crippen molar-refractivity contribution in [3.63, 3.8) is 0 Å². The molecule has 0 aliphatic rings. The average molecular weight is 280 g/mol. The summed E-state index contributed by atoms with van der Waals surface area (Å²) in [7, 11) is 0. The van der Waals surface area contributed by atoms with E-state index >= 15 is 0 Å². The number of nitrogens with zero attached hydrogens (tertiary/aromatic N) is 1. The van der Waals surface area contributed by atoms with Crippen molar-refractivity contribution >= 4 is 17.5 Å². The molecule has 0 saturated heterocycles. The van der Waals surface area contributed by atoms with Gasteiger partial charge < -0.3 is 4.42 Å². The van der Waals surface area contributed by atoms with Gasteiger partial charge in [-0.2, -0.15) is 0 Å².